The number of amides is 2. The molecule has 0 aliphatic heterocycles. The second-order valence-electron chi connectivity index (χ2n) is 6.12. The molecule has 0 saturated heterocycles. The highest BCUT2D eigenvalue weighted by Crippen LogP contribution is 2.29. The number of benzene rings is 2. The topological polar surface area (TPSA) is 117 Å². The molecule has 0 unspecified atom stereocenters. The lowest BCUT2D eigenvalue weighted by molar-refractivity contribution is -0.114. The van der Waals surface area contributed by atoms with Crippen molar-refractivity contribution in [2.75, 3.05) is 17.2 Å². The molecule has 0 fully saturated rings. The molecular weight excluding hydrogens is 431 g/mol. The summed E-state index contributed by atoms with van der Waals surface area (Å²) < 4.78 is 41.3. The Bertz CT molecular complexity index is 1250. The Morgan fingerprint density at radius 1 is 1.20 bits per heavy atom. The maximum atomic E-state index is 14.0. The average Bonchev–Trinajstić information content (AvgIpc) is 3.07. The van der Waals surface area contributed by atoms with E-state index in [0.717, 1.165) is 16.8 Å². The van der Waals surface area contributed by atoms with E-state index in [0.29, 0.717) is 11.2 Å². The molecule has 11 heteroatoms. The van der Waals surface area contributed by atoms with Gasteiger partial charge in [0.15, 0.2) is 5.13 Å². The first-order valence-electron chi connectivity index (χ1n) is 8.59. The van der Waals surface area contributed by atoms with Gasteiger partial charge in [-0.15, -0.1) is 6.58 Å². The molecule has 0 radical (unpaired) electrons. The lowest BCUT2D eigenvalue weighted by atomic mass is 10.2. The molecule has 0 atom stereocenters. The predicted molar refractivity (Wildman–Crippen MR) is 114 cm³/mol. The minimum absolute atomic E-state index is 0.0476. The van der Waals surface area contributed by atoms with E-state index in [1.54, 1.807) is 18.2 Å². The Hall–Kier alpha value is -3.15. The number of nitrogens with one attached hydrogen (secondary N) is 3. The van der Waals surface area contributed by atoms with Crippen LogP contribution in [0.2, 0.25) is 0 Å². The van der Waals surface area contributed by atoms with Crippen molar-refractivity contribution in [3.8, 4) is 0 Å². The van der Waals surface area contributed by atoms with Crippen molar-refractivity contribution in [2.45, 2.75) is 11.8 Å². The van der Waals surface area contributed by atoms with Crippen LogP contribution in [-0.2, 0) is 14.8 Å². The van der Waals surface area contributed by atoms with Crippen molar-refractivity contribution in [3.63, 3.8) is 0 Å². The fourth-order valence-corrected chi connectivity index (χ4v) is 4.53. The molecule has 1 heterocycles. The Morgan fingerprint density at radius 2 is 1.97 bits per heavy atom. The second-order valence-corrected chi connectivity index (χ2v) is 8.89. The van der Waals surface area contributed by atoms with Crippen LogP contribution in [0.25, 0.3) is 10.2 Å². The maximum Gasteiger partial charge on any atom is 0.257 e. The van der Waals surface area contributed by atoms with Gasteiger partial charge in [-0.1, -0.05) is 17.4 Å². The van der Waals surface area contributed by atoms with E-state index >= 15 is 0 Å². The molecule has 2 aromatic carbocycles. The fourth-order valence-electron chi connectivity index (χ4n) is 2.53. The number of nitrogens with zero attached hydrogens (tertiary/aromatic N) is 1. The van der Waals surface area contributed by atoms with Crippen LogP contribution in [0.4, 0.5) is 15.2 Å². The summed E-state index contributed by atoms with van der Waals surface area (Å²) in [6, 6.07) is 8.15. The maximum absolute atomic E-state index is 14.0. The number of hydrogen-bond acceptors (Lipinski definition) is 6. The zero-order chi connectivity index (χ0) is 21.9. The van der Waals surface area contributed by atoms with Gasteiger partial charge in [0.2, 0.25) is 15.9 Å². The zero-order valence-corrected chi connectivity index (χ0v) is 17.4. The summed E-state index contributed by atoms with van der Waals surface area (Å²) in [6.45, 7) is 4.72. The highest BCUT2D eigenvalue weighted by atomic mass is 32.2. The van der Waals surface area contributed by atoms with Gasteiger partial charge in [-0.05, 0) is 36.4 Å². The van der Waals surface area contributed by atoms with Gasteiger partial charge in [0.05, 0.1) is 10.2 Å². The smallest absolute Gasteiger partial charge is 0.257 e. The number of thiazole rings is 1. The summed E-state index contributed by atoms with van der Waals surface area (Å²) in [4.78, 5) is 27.4. The van der Waals surface area contributed by atoms with E-state index < -0.39 is 26.6 Å². The van der Waals surface area contributed by atoms with Gasteiger partial charge in [-0.3, -0.25) is 14.9 Å². The highest BCUT2D eigenvalue weighted by Gasteiger charge is 2.21. The van der Waals surface area contributed by atoms with Crippen molar-refractivity contribution < 1.29 is 22.4 Å². The molecule has 8 nitrogen and oxygen atoms in total. The number of carbonyl (C=O) groups is 2. The van der Waals surface area contributed by atoms with E-state index in [4.69, 9.17) is 0 Å². The molecule has 0 saturated carbocycles. The summed E-state index contributed by atoms with van der Waals surface area (Å²) in [5.74, 6) is -1.83. The van der Waals surface area contributed by atoms with Gasteiger partial charge < -0.3 is 5.32 Å². The van der Waals surface area contributed by atoms with Crippen LogP contribution >= 0.6 is 11.3 Å². The normalized spacial score (nSPS) is 11.3. The first kappa shape index (κ1) is 21.6. The van der Waals surface area contributed by atoms with Crippen molar-refractivity contribution in [1.82, 2.24) is 9.71 Å². The van der Waals surface area contributed by atoms with Crippen LogP contribution in [0.1, 0.15) is 17.3 Å². The lowest BCUT2D eigenvalue weighted by Gasteiger charge is -2.08. The van der Waals surface area contributed by atoms with Gasteiger partial charge in [0.25, 0.3) is 5.91 Å². The van der Waals surface area contributed by atoms with Crippen LogP contribution in [0.5, 0.6) is 0 Å². The van der Waals surface area contributed by atoms with E-state index in [9.17, 15) is 22.4 Å². The molecule has 0 bridgehead atoms. The number of hydrogen-bond donors (Lipinski definition) is 3. The monoisotopic (exact) mass is 448 g/mol. The molecule has 0 aliphatic carbocycles. The third-order valence-corrected chi connectivity index (χ3v) is 6.20. The van der Waals surface area contributed by atoms with Crippen LogP contribution in [0.3, 0.4) is 0 Å². The summed E-state index contributed by atoms with van der Waals surface area (Å²) in [5, 5.41) is 5.51. The van der Waals surface area contributed by atoms with Gasteiger partial charge >= 0.3 is 0 Å². The predicted octanol–water partition coefficient (Wildman–Crippen LogP) is 3.11. The first-order chi connectivity index (χ1) is 14.2. The fraction of sp³-hybridized carbons (Fsp3) is 0.105. The van der Waals surface area contributed by atoms with Crippen molar-refractivity contribution in [3.05, 3.63) is 60.4 Å². The second kappa shape index (κ2) is 8.69. The zero-order valence-electron chi connectivity index (χ0n) is 15.7. The van der Waals surface area contributed by atoms with Gasteiger partial charge in [0.1, 0.15) is 10.7 Å². The van der Waals surface area contributed by atoms with Gasteiger partial charge in [-0.25, -0.2) is 22.5 Å². The van der Waals surface area contributed by atoms with Crippen molar-refractivity contribution in [2.24, 2.45) is 0 Å². The molecule has 30 heavy (non-hydrogen) atoms. The lowest BCUT2D eigenvalue weighted by Crippen LogP contribution is -2.25. The number of anilines is 2. The molecule has 3 rings (SSSR count). The third-order valence-electron chi connectivity index (χ3n) is 3.83. The molecule has 0 spiro atoms. The molecular formula is C19H17FN4O4S2. The Kier molecular flexibility index (Phi) is 6.25. The van der Waals surface area contributed by atoms with Crippen molar-refractivity contribution >= 4 is 54.2 Å². The summed E-state index contributed by atoms with van der Waals surface area (Å²) in [6.07, 6.45) is 1.32. The standard InChI is InChI=1S/C19H17FN4O4S2/c1-3-8-21-30(27,28)17-9-12(4-6-14(17)20)18(26)24-19-23-15-7-5-13(22-11(2)25)10-16(15)29-19/h3-7,9-10,21H,1,8H2,2H3,(H,22,25)(H,23,24,26). The summed E-state index contributed by atoms with van der Waals surface area (Å²) >= 11 is 1.18. The molecule has 156 valence electrons. The third kappa shape index (κ3) is 4.87. The molecule has 1 aromatic heterocycles. The molecule has 2 amide bonds. The number of aromatic nitrogens is 1. The van der Waals surface area contributed by atoms with E-state index in [-0.39, 0.29) is 23.1 Å². The number of sulfonamides is 1. The van der Waals surface area contributed by atoms with E-state index in [1.807, 2.05) is 0 Å². The minimum Gasteiger partial charge on any atom is -0.326 e. The summed E-state index contributed by atoms with van der Waals surface area (Å²) in [5.41, 5.74) is 1.16. The number of rotatable bonds is 7. The number of fused-ring (bicyclic) bond motifs is 1. The summed E-state index contributed by atoms with van der Waals surface area (Å²) in [7, 11) is -4.14. The largest absolute Gasteiger partial charge is 0.326 e. The molecule has 3 N–H and O–H groups in total. The highest BCUT2D eigenvalue weighted by molar-refractivity contribution is 7.89. The van der Waals surface area contributed by atoms with Crippen LogP contribution in [0.15, 0.2) is 53.9 Å². The van der Waals surface area contributed by atoms with E-state index in [2.05, 4.69) is 26.9 Å². The Morgan fingerprint density at radius 3 is 2.67 bits per heavy atom. The van der Waals surface area contributed by atoms with Crippen LogP contribution in [0, 0.1) is 5.82 Å². The van der Waals surface area contributed by atoms with Gasteiger partial charge in [0, 0.05) is 24.7 Å². The molecule has 0 aliphatic rings. The van der Waals surface area contributed by atoms with Crippen molar-refractivity contribution in [1.29, 1.82) is 0 Å². The molecule has 3 aromatic rings. The Balaban J connectivity index is 1.84. The first-order valence-corrected chi connectivity index (χ1v) is 10.9. The van der Waals surface area contributed by atoms with Crippen LogP contribution in [-0.4, -0.2) is 31.8 Å². The van der Waals surface area contributed by atoms with E-state index in [1.165, 1.54) is 30.4 Å². The SMILES string of the molecule is C=CCNS(=O)(=O)c1cc(C(=O)Nc2nc3ccc(NC(C)=O)cc3s2)ccc1F. The Labute approximate surface area is 175 Å². The number of carbonyl (C=O) groups excluding carboxylic acids is 2. The van der Waals surface area contributed by atoms with Gasteiger partial charge in [-0.2, -0.15) is 0 Å². The quantitative estimate of drug-likeness (QED) is 0.480. The van der Waals surface area contributed by atoms with Crippen LogP contribution < -0.4 is 15.4 Å². The average molecular weight is 449 g/mol. The minimum atomic E-state index is -4.14. The number of halogens is 1.